The summed E-state index contributed by atoms with van der Waals surface area (Å²) >= 11 is 0. The Morgan fingerprint density at radius 3 is 2.30 bits per heavy atom. The summed E-state index contributed by atoms with van der Waals surface area (Å²) in [7, 11) is 0. The van der Waals surface area contributed by atoms with Gasteiger partial charge >= 0.3 is 5.97 Å². The van der Waals surface area contributed by atoms with Gasteiger partial charge in [0.1, 0.15) is 48.3 Å². The van der Waals surface area contributed by atoms with Gasteiger partial charge in [-0.1, -0.05) is 0 Å². The Morgan fingerprint density at radius 1 is 0.967 bits per heavy atom. The van der Waals surface area contributed by atoms with E-state index in [9.17, 15) is 30.3 Å². The summed E-state index contributed by atoms with van der Waals surface area (Å²) in [5, 5.41) is 49.7. The van der Waals surface area contributed by atoms with E-state index in [0.717, 1.165) is 0 Å². The van der Waals surface area contributed by atoms with Gasteiger partial charge in [-0.15, -0.1) is 0 Å². The number of esters is 1. The fourth-order valence-electron chi connectivity index (χ4n) is 3.02. The predicted molar refractivity (Wildman–Crippen MR) is 103 cm³/mol. The van der Waals surface area contributed by atoms with Gasteiger partial charge in [0.2, 0.25) is 6.29 Å². The monoisotopic (exact) mass is 420 g/mol. The molecule has 0 saturated carbocycles. The van der Waals surface area contributed by atoms with Gasteiger partial charge in [-0.25, -0.2) is 4.79 Å². The van der Waals surface area contributed by atoms with Crippen molar-refractivity contribution in [2.45, 2.75) is 44.6 Å². The molecule has 0 amide bonds. The van der Waals surface area contributed by atoms with Gasteiger partial charge in [-0.05, 0) is 61.4 Å². The Bertz CT molecular complexity index is 896. The van der Waals surface area contributed by atoms with Crippen LogP contribution in [0.4, 0.5) is 0 Å². The molecule has 1 aliphatic rings. The smallest absolute Gasteiger partial charge is 0.338 e. The van der Waals surface area contributed by atoms with Gasteiger partial charge in [0, 0.05) is 0 Å². The largest absolute Gasteiger partial charge is 0.508 e. The maximum absolute atomic E-state index is 12.1. The lowest BCUT2D eigenvalue weighted by Gasteiger charge is -2.40. The standard InChI is InChI=1S/C21H24O9/c1-10-8-15(11(2)7-14(10)23)29-21-19(26)18(25)17(24)16(30-21)9-28-20(27)12-3-5-13(22)6-4-12/h3-8,16-19,21-26H,9H2,1-2H3. The molecule has 1 heterocycles. The number of rotatable bonds is 5. The van der Waals surface area contributed by atoms with E-state index >= 15 is 0 Å². The number of aromatic hydroxyl groups is 2. The number of phenolic OH excluding ortho intramolecular Hbond substituents is 2. The quantitative estimate of drug-likeness (QED) is 0.442. The first-order valence-electron chi connectivity index (χ1n) is 9.30. The molecular formula is C21H24O9. The first kappa shape index (κ1) is 21.8. The zero-order chi connectivity index (χ0) is 22.0. The van der Waals surface area contributed by atoms with E-state index < -0.39 is 43.3 Å². The average Bonchev–Trinajstić information content (AvgIpc) is 2.71. The Kier molecular flexibility index (Phi) is 6.47. The number of hydrogen-bond donors (Lipinski definition) is 5. The topological polar surface area (TPSA) is 146 Å². The van der Waals surface area contributed by atoms with E-state index in [0.29, 0.717) is 16.9 Å². The Morgan fingerprint density at radius 2 is 1.63 bits per heavy atom. The van der Waals surface area contributed by atoms with Crippen molar-refractivity contribution in [1.29, 1.82) is 0 Å². The zero-order valence-corrected chi connectivity index (χ0v) is 16.4. The summed E-state index contributed by atoms with van der Waals surface area (Å²) in [6.07, 6.45) is -7.18. The number of phenols is 2. The molecule has 2 aromatic carbocycles. The highest BCUT2D eigenvalue weighted by molar-refractivity contribution is 5.89. The van der Waals surface area contributed by atoms with Crippen LogP contribution in [-0.4, -0.2) is 68.8 Å². The van der Waals surface area contributed by atoms with Gasteiger partial charge in [0.15, 0.2) is 0 Å². The van der Waals surface area contributed by atoms with E-state index in [-0.39, 0.29) is 17.1 Å². The van der Waals surface area contributed by atoms with E-state index in [2.05, 4.69) is 0 Å². The van der Waals surface area contributed by atoms with Crippen molar-refractivity contribution in [2.75, 3.05) is 6.61 Å². The molecule has 5 unspecified atom stereocenters. The fraction of sp³-hybridized carbons (Fsp3) is 0.381. The maximum atomic E-state index is 12.1. The first-order valence-corrected chi connectivity index (χ1v) is 9.30. The lowest BCUT2D eigenvalue weighted by molar-refractivity contribution is -0.277. The molecule has 9 nitrogen and oxygen atoms in total. The third-order valence-electron chi connectivity index (χ3n) is 4.89. The van der Waals surface area contributed by atoms with Gasteiger partial charge < -0.3 is 39.7 Å². The first-order chi connectivity index (χ1) is 14.2. The van der Waals surface area contributed by atoms with Crippen LogP contribution >= 0.6 is 0 Å². The number of carbonyl (C=O) groups excluding carboxylic acids is 1. The summed E-state index contributed by atoms with van der Waals surface area (Å²) in [6, 6.07) is 8.44. The van der Waals surface area contributed by atoms with Crippen molar-refractivity contribution in [3.8, 4) is 17.2 Å². The summed E-state index contributed by atoms with van der Waals surface area (Å²) in [5.74, 6) is -0.319. The lowest BCUT2D eigenvalue weighted by Crippen LogP contribution is -2.60. The van der Waals surface area contributed by atoms with Crippen LogP contribution in [0.5, 0.6) is 17.2 Å². The molecule has 0 spiro atoms. The third-order valence-corrected chi connectivity index (χ3v) is 4.89. The minimum absolute atomic E-state index is 0.00514. The molecule has 2 aromatic rings. The Labute approximate surface area is 172 Å². The molecule has 30 heavy (non-hydrogen) atoms. The van der Waals surface area contributed by atoms with Crippen LogP contribution in [0.3, 0.4) is 0 Å². The van der Waals surface area contributed by atoms with Crippen LogP contribution in [0.1, 0.15) is 21.5 Å². The third kappa shape index (κ3) is 4.65. The van der Waals surface area contributed by atoms with Crippen LogP contribution in [0.15, 0.2) is 36.4 Å². The van der Waals surface area contributed by atoms with E-state index in [1.807, 2.05) is 0 Å². The normalized spacial score (nSPS) is 26.2. The molecule has 1 fully saturated rings. The Balaban J connectivity index is 1.69. The van der Waals surface area contributed by atoms with Gasteiger partial charge in [0.25, 0.3) is 0 Å². The summed E-state index contributed by atoms with van der Waals surface area (Å²) < 4.78 is 16.4. The maximum Gasteiger partial charge on any atom is 0.338 e. The summed E-state index contributed by atoms with van der Waals surface area (Å²) in [5.41, 5.74) is 1.30. The number of hydrogen-bond acceptors (Lipinski definition) is 9. The van der Waals surface area contributed by atoms with Gasteiger partial charge in [-0.3, -0.25) is 0 Å². The van der Waals surface area contributed by atoms with E-state index in [1.54, 1.807) is 19.9 Å². The van der Waals surface area contributed by atoms with Crippen molar-refractivity contribution < 1.29 is 44.5 Å². The molecule has 162 valence electrons. The predicted octanol–water partition coefficient (Wildman–Crippen LogP) is 0.758. The average molecular weight is 420 g/mol. The van der Waals surface area contributed by atoms with Crippen molar-refractivity contribution in [3.63, 3.8) is 0 Å². The molecule has 0 bridgehead atoms. The molecule has 1 aliphatic heterocycles. The van der Waals surface area contributed by atoms with E-state index in [4.69, 9.17) is 14.2 Å². The van der Waals surface area contributed by atoms with Crippen molar-refractivity contribution in [1.82, 2.24) is 0 Å². The number of aryl methyl sites for hydroxylation is 2. The summed E-state index contributed by atoms with van der Waals surface area (Å²) in [6.45, 7) is 2.95. The molecule has 1 saturated heterocycles. The second-order valence-corrected chi connectivity index (χ2v) is 7.18. The zero-order valence-electron chi connectivity index (χ0n) is 16.4. The number of aliphatic hydroxyl groups excluding tert-OH is 3. The number of benzene rings is 2. The van der Waals surface area contributed by atoms with Gasteiger partial charge in [0.05, 0.1) is 5.56 Å². The van der Waals surface area contributed by atoms with Crippen LogP contribution in [0.2, 0.25) is 0 Å². The molecule has 0 aliphatic carbocycles. The van der Waals surface area contributed by atoms with Crippen LogP contribution in [0.25, 0.3) is 0 Å². The lowest BCUT2D eigenvalue weighted by atomic mass is 9.99. The minimum Gasteiger partial charge on any atom is -0.508 e. The molecule has 9 heteroatoms. The van der Waals surface area contributed by atoms with E-state index in [1.165, 1.54) is 30.3 Å². The highest BCUT2D eigenvalue weighted by Gasteiger charge is 2.45. The molecule has 5 N–H and O–H groups in total. The second-order valence-electron chi connectivity index (χ2n) is 7.18. The molecule has 3 rings (SSSR count). The molecular weight excluding hydrogens is 396 g/mol. The number of carbonyl (C=O) groups is 1. The fourth-order valence-corrected chi connectivity index (χ4v) is 3.02. The molecule has 5 atom stereocenters. The van der Waals surface area contributed by atoms with Crippen molar-refractivity contribution >= 4 is 5.97 Å². The second kappa shape index (κ2) is 8.88. The SMILES string of the molecule is Cc1cc(OC2OC(COC(=O)c3ccc(O)cc3)C(O)C(O)C2O)c(C)cc1O. The van der Waals surface area contributed by atoms with Gasteiger partial charge in [-0.2, -0.15) is 0 Å². The van der Waals surface area contributed by atoms with Crippen molar-refractivity contribution in [2.24, 2.45) is 0 Å². The van der Waals surface area contributed by atoms with Crippen molar-refractivity contribution in [3.05, 3.63) is 53.1 Å². The minimum atomic E-state index is -1.60. The highest BCUT2D eigenvalue weighted by Crippen LogP contribution is 2.30. The number of aliphatic hydroxyl groups is 3. The van der Waals surface area contributed by atoms with Crippen LogP contribution in [-0.2, 0) is 9.47 Å². The highest BCUT2D eigenvalue weighted by atomic mass is 16.7. The molecule has 0 radical (unpaired) electrons. The van der Waals surface area contributed by atoms with Crippen LogP contribution < -0.4 is 4.74 Å². The number of ether oxygens (including phenoxy) is 3. The Hall–Kier alpha value is -2.85. The molecule has 0 aromatic heterocycles. The summed E-state index contributed by atoms with van der Waals surface area (Å²) in [4.78, 5) is 12.1. The van der Waals surface area contributed by atoms with Crippen LogP contribution in [0, 0.1) is 13.8 Å².